The summed E-state index contributed by atoms with van der Waals surface area (Å²) in [7, 11) is 0. The van der Waals surface area contributed by atoms with Crippen LogP contribution in [0.1, 0.15) is 40.5 Å². The molecule has 0 amide bonds. The van der Waals surface area contributed by atoms with E-state index in [1.807, 2.05) is 19.9 Å². The SMILES string of the molecule is C/C=C(/C)N.CCCC. The minimum absolute atomic E-state index is 0.880. The third-order valence-electron chi connectivity index (χ3n) is 0.955. The van der Waals surface area contributed by atoms with Crippen LogP contribution in [-0.2, 0) is 0 Å². The Bertz CT molecular complexity index is 59.0. The molecular formula is C8H19N. The van der Waals surface area contributed by atoms with Gasteiger partial charge in [-0.2, -0.15) is 0 Å². The Morgan fingerprint density at radius 1 is 1.33 bits per heavy atom. The third-order valence-corrected chi connectivity index (χ3v) is 0.955. The second-order valence-corrected chi connectivity index (χ2v) is 2.03. The fourth-order valence-corrected chi connectivity index (χ4v) is 0. The summed E-state index contributed by atoms with van der Waals surface area (Å²) in [5, 5.41) is 0. The zero-order chi connectivity index (χ0) is 7.70. The third kappa shape index (κ3) is 35.9. The number of hydrogen-bond acceptors (Lipinski definition) is 1. The minimum Gasteiger partial charge on any atom is -0.403 e. The van der Waals surface area contributed by atoms with Crippen molar-refractivity contribution in [3.63, 3.8) is 0 Å². The second kappa shape index (κ2) is 10.5. The monoisotopic (exact) mass is 129 g/mol. The molecule has 0 saturated carbocycles. The molecule has 56 valence electrons. The number of rotatable bonds is 1. The van der Waals surface area contributed by atoms with Gasteiger partial charge < -0.3 is 5.73 Å². The molecule has 0 atom stereocenters. The Hall–Kier alpha value is -0.460. The zero-order valence-electron chi connectivity index (χ0n) is 7.07. The minimum atomic E-state index is 0.880. The molecule has 0 aromatic carbocycles. The lowest BCUT2D eigenvalue weighted by Gasteiger charge is -1.76. The van der Waals surface area contributed by atoms with Crippen molar-refractivity contribution in [1.82, 2.24) is 0 Å². The lowest BCUT2D eigenvalue weighted by atomic mass is 10.4. The van der Waals surface area contributed by atoms with E-state index in [1.54, 1.807) is 0 Å². The van der Waals surface area contributed by atoms with Gasteiger partial charge in [0.05, 0.1) is 0 Å². The van der Waals surface area contributed by atoms with Crippen LogP contribution in [-0.4, -0.2) is 0 Å². The van der Waals surface area contributed by atoms with Crippen LogP contribution in [0.5, 0.6) is 0 Å². The van der Waals surface area contributed by atoms with Crippen LogP contribution in [0.3, 0.4) is 0 Å². The van der Waals surface area contributed by atoms with Crippen LogP contribution < -0.4 is 5.73 Å². The van der Waals surface area contributed by atoms with Crippen molar-refractivity contribution in [3.8, 4) is 0 Å². The van der Waals surface area contributed by atoms with Crippen molar-refractivity contribution in [2.75, 3.05) is 0 Å². The summed E-state index contributed by atoms with van der Waals surface area (Å²) in [5.41, 5.74) is 6.03. The van der Waals surface area contributed by atoms with Crippen molar-refractivity contribution in [3.05, 3.63) is 11.8 Å². The highest BCUT2D eigenvalue weighted by molar-refractivity contribution is 4.86. The molecule has 0 fully saturated rings. The Morgan fingerprint density at radius 3 is 1.56 bits per heavy atom. The van der Waals surface area contributed by atoms with Gasteiger partial charge in [0.2, 0.25) is 0 Å². The lowest BCUT2D eigenvalue weighted by Crippen LogP contribution is -1.86. The molecule has 9 heavy (non-hydrogen) atoms. The van der Waals surface area contributed by atoms with Crippen LogP contribution in [0, 0.1) is 0 Å². The van der Waals surface area contributed by atoms with E-state index in [9.17, 15) is 0 Å². The number of unbranched alkanes of at least 4 members (excludes halogenated alkanes) is 1. The predicted molar refractivity (Wildman–Crippen MR) is 44.2 cm³/mol. The molecule has 0 radical (unpaired) electrons. The molecule has 0 rings (SSSR count). The average molecular weight is 129 g/mol. The van der Waals surface area contributed by atoms with E-state index in [4.69, 9.17) is 5.73 Å². The average Bonchev–Trinajstić information content (AvgIpc) is 1.89. The Kier molecular flexibility index (Phi) is 13.3. The molecule has 0 aliphatic rings. The Morgan fingerprint density at radius 2 is 1.56 bits per heavy atom. The van der Waals surface area contributed by atoms with Crippen molar-refractivity contribution in [1.29, 1.82) is 0 Å². The first-order valence-corrected chi connectivity index (χ1v) is 3.57. The number of hydrogen-bond donors (Lipinski definition) is 1. The normalized spacial score (nSPS) is 10.0. The van der Waals surface area contributed by atoms with E-state index in [-0.39, 0.29) is 0 Å². The maximum absolute atomic E-state index is 5.15. The highest BCUT2D eigenvalue weighted by Crippen LogP contribution is 1.76. The molecule has 0 aliphatic carbocycles. The van der Waals surface area contributed by atoms with Crippen LogP contribution in [0.25, 0.3) is 0 Å². The lowest BCUT2D eigenvalue weighted by molar-refractivity contribution is 0.886. The van der Waals surface area contributed by atoms with Crippen LogP contribution in [0.4, 0.5) is 0 Å². The predicted octanol–water partition coefficient (Wildman–Crippen LogP) is 2.68. The first-order chi connectivity index (χ1) is 4.18. The smallest absolute Gasteiger partial charge is 0.000552 e. The molecule has 0 bridgehead atoms. The molecule has 0 spiro atoms. The fraction of sp³-hybridized carbons (Fsp3) is 0.750. The summed E-state index contributed by atoms with van der Waals surface area (Å²) < 4.78 is 0. The molecule has 0 aromatic heterocycles. The molecule has 0 aliphatic heterocycles. The number of allylic oxidation sites excluding steroid dienone is 2. The summed E-state index contributed by atoms with van der Waals surface area (Å²) >= 11 is 0. The van der Waals surface area contributed by atoms with Crippen LogP contribution >= 0.6 is 0 Å². The van der Waals surface area contributed by atoms with Crippen molar-refractivity contribution in [2.24, 2.45) is 5.73 Å². The van der Waals surface area contributed by atoms with Gasteiger partial charge >= 0.3 is 0 Å². The van der Waals surface area contributed by atoms with E-state index in [0.29, 0.717) is 0 Å². The van der Waals surface area contributed by atoms with Gasteiger partial charge in [-0.05, 0) is 13.8 Å². The van der Waals surface area contributed by atoms with Gasteiger partial charge in [0.25, 0.3) is 0 Å². The summed E-state index contributed by atoms with van der Waals surface area (Å²) in [4.78, 5) is 0. The summed E-state index contributed by atoms with van der Waals surface area (Å²) in [6.07, 6.45) is 4.50. The molecule has 1 nitrogen and oxygen atoms in total. The van der Waals surface area contributed by atoms with Crippen molar-refractivity contribution >= 4 is 0 Å². The van der Waals surface area contributed by atoms with E-state index < -0.39 is 0 Å². The first kappa shape index (κ1) is 11.4. The largest absolute Gasteiger partial charge is 0.403 e. The highest BCUT2D eigenvalue weighted by atomic mass is 14.5. The van der Waals surface area contributed by atoms with Crippen molar-refractivity contribution in [2.45, 2.75) is 40.5 Å². The van der Waals surface area contributed by atoms with Gasteiger partial charge in [-0.3, -0.25) is 0 Å². The molecular weight excluding hydrogens is 110 g/mol. The van der Waals surface area contributed by atoms with E-state index in [0.717, 1.165) is 5.70 Å². The molecule has 0 unspecified atom stereocenters. The van der Waals surface area contributed by atoms with E-state index in [2.05, 4.69) is 13.8 Å². The van der Waals surface area contributed by atoms with Crippen LogP contribution in [0.15, 0.2) is 11.8 Å². The van der Waals surface area contributed by atoms with Crippen LogP contribution in [0.2, 0.25) is 0 Å². The first-order valence-electron chi connectivity index (χ1n) is 3.57. The van der Waals surface area contributed by atoms with Gasteiger partial charge in [-0.15, -0.1) is 0 Å². The standard InChI is InChI=1S/C4H9N.C4H10/c1-3-4(2)5;1-3-4-2/h3H,5H2,1-2H3;3-4H2,1-2H3/b4-3-;. The van der Waals surface area contributed by atoms with Gasteiger partial charge in [0.15, 0.2) is 0 Å². The fourth-order valence-electron chi connectivity index (χ4n) is 0. The zero-order valence-corrected chi connectivity index (χ0v) is 7.07. The molecule has 1 heteroatoms. The highest BCUT2D eigenvalue weighted by Gasteiger charge is 1.60. The van der Waals surface area contributed by atoms with E-state index in [1.165, 1.54) is 12.8 Å². The number of nitrogens with two attached hydrogens (primary N) is 1. The molecule has 0 heterocycles. The molecule has 0 aromatic rings. The summed E-state index contributed by atoms with van der Waals surface area (Å²) in [5.74, 6) is 0. The molecule has 0 saturated heterocycles. The van der Waals surface area contributed by atoms with Gasteiger partial charge in [0.1, 0.15) is 0 Å². The topological polar surface area (TPSA) is 26.0 Å². The quantitative estimate of drug-likeness (QED) is 0.578. The maximum Gasteiger partial charge on any atom is 0.000552 e. The van der Waals surface area contributed by atoms with Crippen molar-refractivity contribution < 1.29 is 0 Å². The summed E-state index contributed by atoms with van der Waals surface area (Å²) in [6, 6.07) is 0. The molecule has 2 N–H and O–H groups in total. The van der Waals surface area contributed by atoms with Gasteiger partial charge in [0, 0.05) is 5.70 Å². The maximum atomic E-state index is 5.15. The Balaban J connectivity index is 0. The van der Waals surface area contributed by atoms with E-state index >= 15 is 0 Å². The van der Waals surface area contributed by atoms with Gasteiger partial charge in [-0.1, -0.05) is 32.8 Å². The summed E-state index contributed by atoms with van der Waals surface area (Å²) in [6.45, 7) is 8.13. The Labute approximate surface area is 58.9 Å². The van der Waals surface area contributed by atoms with Gasteiger partial charge in [-0.25, -0.2) is 0 Å². The second-order valence-electron chi connectivity index (χ2n) is 2.03.